The van der Waals surface area contributed by atoms with Gasteiger partial charge >= 0.3 is 0 Å². The SMILES string of the molecule is Cn1c(C2CC2)nc2ccnc(N)c21. The molecule has 0 aromatic carbocycles. The van der Waals surface area contributed by atoms with E-state index in [1.165, 1.54) is 12.8 Å². The second-order valence-electron chi connectivity index (χ2n) is 3.87. The van der Waals surface area contributed by atoms with Crippen LogP contribution >= 0.6 is 0 Å². The van der Waals surface area contributed by atoms with Crippen LogP contribution in [0.3, 0.4) is 0 Å². The number of fused-ring (bicyclic) bond motifs is 1. The second kappa shape index (κ2) is 2.47. The van der Waals surface area contributed by atoms with Crippen molar-refractivity contribution in [3.63, 3.8) is 0 Å². The van der Waals surface area contributed by atoms with E-state index in [0.717, 1.165) is 16.9 Å². The minimum atomic E-state index is 0.574. The number of nitrogens with zero attached hydrogens (tertiary/aromatic N) is 3. The minimum absolute atomic E-state index is 0.574. The molecule has 1 saturated carbocycles. The van der Waals surface area contributed by atoms with E-state index >= 15 is 0 Å². The van der Waals surface area contributed by atoms with Gasteiger partial charge in [0.05, 0.1) is 5.52 Å². The Morgan fingerprint density at radius 3 is 2.93 bits per heavy atom. The number of nitrogen functional groups attached to an aromatic ring is 1. The van der Waals surface area contributed by atoms with Crippen molar-refractivity contribution >= 4 is 16.9 Å². The third-order valence-electron chi connectivity index (χ3n) is 2.79. The maximum Gasteiger partial charge on any atom is 0.149 e. The van der Waals surface area contributed by atoms with Gasteiger partial charge in [-0.05, 0) is 18.9 Å². The van der Waals surface area contributed by atoms with Gasteiger partial charge in [-0.15, -0.1) is 0 Å². The lowest BCUT2D eigenvalue weighted by atomic mass is 10.4. The van der Waals surface area contributed by atoms with Gasteiger partial charge in [0.2, 0.25) is 0 Å². The van der Waals surface area contributed by atoms with Crippen LogP contribution in [0.15, 0.2) is 12.3 Å². The number of aromatic nitrogens is 3. The molecule has 0 saturated heterocycles. The third-order valence-corrected chi connectivity index (χ3v) is 2.79. The van der Waals surface area contributed by atoms with Crippen LogP contribution in [0, 0.1) is 0 Å². The van der Waals surface area contributed by atoms with Crippen molar-refractivity contribution in [2.24, 2.45) is 7.05 Å². The number of hydrogen-bond acceptors (Lipinski definition) is 3. The first kappa shape index (κ1) is 7.79. The Morgan fingerprint density at radius 2 is 2.29 bits per heavy atom. The molecule has 0 radical (unpaired) electrons. The van der Waals surface area contributed by atoms with Crippen molar-refractivity contribution in [2.45, 2.75) is 18.8 Å². The van der Waals surface area contributed by atoms with Crippen LogP contribution in [0.4, 0.5) is 5.82 Å². The molecule has 0 aliphatic heterocycles. The summed E-state index contributed by atoms with van der Waals surface area (Å²) in [4.78, 5) is 8.66. The molecule has 0 unspecified atom stereocenters. The van der Waals surface area contributed by atoms with Gasteiger partial charge in [0.1, 0.15) is 17.2 Å². The summed E-state index contributed by atoms with van der Waals surface area (Å²) < 4.78 is 2.08. The molecule has 2 aromatic rings. The Labute approximate surface area is 81.8 Å². The van der Waals surface area contributed by atoms with Crippen molar-refractivity contribution in [3.05, 3.63) is 18.1 Å². The van der Waals surface area contributed by atoms with Crippen LogP contribution in [0.1, 0.15) is 24.6 Å². The quantitative estimate of drug-likeness (QED) is 0.736. The van der Waals surface area contributed by atoms with Crippen molar-refractivity contribution in [3.8, 4) is 0 Å². The van der Waals surface area contributed by atoms with Crippen LogP contribution in [-0.4, -0.2) is 14.5 Å². The molecule has 1 aliphatic rings. The monoisotopic (exact) mass is 188 g/mol. The molecule has 72 valence electrons. The average Bonchev–Trinajstić information content (AvgIpc) is 2.93. The Morgan fingerprint density at radius 1 is 1.50 bits per heavy atom. The van der Waals surface area contributed by atoms with Gasteiger partial charge in [-0.1, -0.05) is 0 Å². The molecule has 2 N–H and O–H groups in total. The van der Waals surface area contributed by atoms with E-state index < -0.39 is 0 Å². The molecule has 2 heterocycles. The van der Waals surface area contributed by atoms with Crippen LogP contribution < -0.4 is 5.73 Å². The largest absolute Gasteiger partial charge is 0.382 e. The molecular weight excluding hydrogens is 176 g/mol. The number of imidazole rings is 1. The number of hydrogen-bond donors (Lipinski definition) is 1. The lowest BCUT2D eigenvalue weighted by molar-refractivity contribution is 0.820. The molecule has 0 amide bonds. The zero-order valence-corrected chi connectivity index (χ0v) is 8.07. The van der Waals surface area contributed by atoms with Gasteiger partial charge < -0.3 is 10.3 Å². The summed E-state index contributed by atoms with van der Waals surface area (Å²) in [6.07, 6.45) is 4.22. The first-order valence-electron chi connectivity index (χ1n) is 4.84. The lowest BCUT2D eigenvalue weighted by Gasteiger charge is -2.00. The lowest BCUT2D eigenvalue weighted by Crippen LogP contribution is -1.98. The number of anilines is 1. The van der Waals surface area contributed by atoms with E-state index in [-0.39, 0.29) is 0 Å². The van der Waals surface area contributed by atoms with Crippen molar-refractivity contribution < 1.29 is 0 Å². The first-order chi connectivity index (χ1) is 6.77. The van der Waals surface area contributed by atoms with Crippen LogP contribution in [0.5, 0.6) is 0 Å². The normalized spacial score (nSPS) is 16.4. The number of rotatable bonds is 1. The van der Waals surface area contributed by atoms with E-state index in [0.29, 0.717) is 11.7 Å². The highest BCUT2D eigenvalue weighted by molar-refractivity contribution is 5.85. The Hall–Kier alpha value is -1.58. The Kier molecular flexibility index (Phi) is 1.37. The Bertz CT molecular complexity index is 496. The number of aryl methyl sites for hydroxylation is 1. The molecule has 14 heavy (non-hydrogen) atoms. The summed E-state index contributed by atoms with van der Waals surface area (Å²) in [5.74, 6) is 2.37. The molecule has 1 aliphatic carbocycles. The van der Waals surface area contributed by atoms with E-state index in [9.17, 15) is 0 Å². The first-order valence-corrected chi connectivity index (χ1v) is 4.84. The van der Waals surface area contributed by atoms with Crippen molar-refractivity contribution in [1.29, 1.82) is 0 Å². The van der Waals surface area contributed by atoms with E-state index in [4.69, 9.17) is 5.73 Å². The zero-order chi connectivity index (χ0) is 9.71. The van der Waals surface area contributed by atoms with Crippen molar-refractivity contribution in [1.82, 2.24) is 14.5 Å². The predicted octanol–water partition coefficient (Wildman–Crippen LogP) is 1.43. The molecular formula is C10H12N4. The van der Waals surface area contributed by atoms with Crippen LogP contribution in [0.2, 0.25) is 0 Å². The summed E-state index contributed by atoms with van der Waals surface area (Å²) >= 11 is 0. The maximum atomic E-state index is 5.82. The van der Waals surface area contributed by atoms with Gasteiger partial charge in [0.25, 0.3) is 0 Å². The maximum absolute atomic E-state index is 5.82. The molecule has 4 nitrogen and oxygen atoms in total. The molecule has 4 heteroatoms. The summed E-state index contributed by atoms with van der Waals surface area (Å²) in [6.45, 7) is 0. The van der Waals surface area contributed by atoms with Crippen LogP contribution in [0.25, 0.3) is 11.0 Å². The highest BCUT2D eigenvalue weighted by atomic mass is 15.1. The molecule has 0 spiro atoms. The standard InChI is InChI=1S/C10H12N4/c1-14-8-7(4-5-12-9(8)11)13-10(14)6-2-3-6/h4-6H,2-3H2,1H3,(H2,11,12). The fourth-order valence-electron chi connectivity index (χ4n) is 1.91. The average molecular weight is 188 g/mol. The Balaban J connectivity index is 2.34. The fourth-order valence-corrected chi connectivity index (χ4v) is 1.91. The summed E-state index contributed by atoms with van der Waals surface area (Å²) in [5, 5.41) is 0. The van der Waals surface area contributed by atoms with Gasteiger partial charge in [0.15, 0.2) is 0 Å². The van der Waals surface area contributed by atoms with Gasteiger partial charge in [-0.25, -0.2) is 9.97 Å². The molecule has 0 atom stereocenters. The van der Waals surface area contributed by atoms with Crippen LogP contribution in [-0.2, 0) is 7.05 Å². The molecule has 3 rings (SSSR count). The molecule has 1 fully saturated rings. The molecule has 0 bridgehead atoms. The summed E-state index contributed by atoms with van der Waals surface area (Å²) in [6, 6.07) is 1.91. The predicted molar refractivity (Wildman–Crippen MR) is 54.9 cm³/mol. The van der Waals surface area contributed by atoms with Crippen molar-refractivity contribution in [2.75, 3.05) is 5.73 Å². The highest BCUT2D eigenvalue weighted by Gasteiger charge is 2.28. The fraction of sp³-hybridized carbons (Fsp3) is 0.400. The van der Waals surface area contributed by atoms with E-state index in [1.54, 1.807) is 6.20 Å². The topological polar surface area (TPSA) is 56.7 Å². The second-order valence-corrected chi connectivity index (χ2v) is 3.87. The third kappa shape index (κ3) is 0.937. The minimum Gasteiger partial charge on any atom is -0.382 e. The van der Waals surface area contributed by atoms with E-state index in [1.807, 2.05) is 13.1 Å². The van der Waals surface area contributed by atoms with Gasteiger partial charge in [-0.3, -0.25) is 0 Å². The number of pyridine rings is 1. The highest BCUT2D eigenvalue weighted by Crippen LogP contribution is 2.40. The van der Waals surface area contributed by atoms with Gasteiger partial charge in [0, 0.05) is 19.2 Å². The summed E-state index contributed by atoms with van der Waals surface area (Å²) in [7, 11) is 2.01. The van der Waals surface area contributed by atoms with E-state index in [2.05, 4.69) is 14.5 Å². The number of nitrogens with two attached hydrogens (primary N) is 1. The molecule has 2 aromatic heterocycles. The smallest absolute Gasteiger partial charge is 0.149 e. The zero-order valence-electron chi connectivity index (χ0n) is 8.07. The summed E-state index contributed by atoms with van der Waals surface area (Å²) in [5.41, 5.74) is 7.75. The van der Waals surface area contributed by atoms with Gasteiger partial charge in [-0.2, -0.15) is 0 Å².